The van der Waals surface area contributed by atoms with Crippen molar-refractivity contribution in [1.29, 1.82) is 0 Å². The van der Waals surface area contributed by atoms with Crippen LogP contribution in [0.15, 0.2) is 16.4 Å². The van der Waals surface area contributed by atoms with E-state index in [-0.39, 0.29) is 36.0 Å². The van der Waals surface area contributed by atoms with Crippen molar-refractivity contribution in [2.24, 2.45) is 4.99 Å². The number of aryl methyl sites for hydroxylation is 1. The topological polar surface area (TPSA) is 62.7 Å². The van der Waals surface area contributed by atoms with Gasteiger partial charge in [0.2, 0.25) is 0 Å². The third-order valence-electron chi connectivity index (χ3n) is 4.14. The van der Waals surface area contributed by atoms with E-state index in [1.165, 1.54) is 23.3 Å². The van der Waals surface area contributed by atoms with Crippen LogP contribution in [0.5, 0.6) is 0 Å². The molecule has 1 heterocycles. The Kier molecular flexibility index (Phi) is 11.1. The maximum absolute atomic E-state index is 11.8. The van der Waals surface area contributed by atoms with Crippen molar-refractivity contribution in [1.82, 2.24) is 10.6 Å². The van der Waals surface area contributed by atoms with Crippen LogP contribution < -0.4 is 10.6 Å². The predicted octanol–water partition coefficient (Wildman–Crippen LogP) is 4.00. The molecule has 0 radical (unpaired) electrons. The van der Waals surface area contributed by atoms with E-state index in [4.69, 9.17) is 4.74 Å². The highest BCUT2D eigenvalue weighted by Crippen LogP contribution is 2.21. The molecule has 0 saturated heterocycles. The molecule has 1 aliphatic rings. The summed E-state index contributed by atoms with van der Waals surface area (Å²) in [5, 5.41) is 8.62. The van der Waals surface area contributed by atoms with Crippen LogP contribution in [0.3, 0.4) is 0 Å². The summed E-state index contributed by atoms with van der Waals surface area (Å²) < 4.78 is 5.46. The SMILES string of the molecule is CCNC(=NCc1sccc1C)NCCCC(=O)OC1CCCC1.I. The zero-order valence-corrected chi connectivity index (χ0v) is 18.3. The van der Waals surface area contributed by atoms with E-state index in [9.17, 15) is 4.79 Å². The molecule has 1 saturated carbocycles. The first-order valence-corrected chi connectivity index (χ1v) is 9.81. The maximum atomic E-state index is 11.8. The van der Waals surface area contributed by atoms with Crippen LogP contribution in [-0.4, -0.2) is 31.1 Å². The Hall–Kier alpha value is -0.830. The van der Waals surface area contributed by atoms with Gasteiger partial charge in [-0.2, -0.15) is 0 Å². The van der Waals surface area contributed by atoms with Crippen molar-refractivity contribution < 1.29 is 9.53 Å². The lowest BCUT2D eigenvalue weighted by Crippen LogP contribution is -2.37. The molecule has 2 N–H and O–H groups in total. The van der Waals surface area contributed by atoms with E-state index >= 15 is 0 Å². The summed E-state index contributed by atoms with van der Waals surface area (Å²) in [6.45, 7) is 6.38. The van der Waals surface area contributed by atoms with E-state index in [2.05, 4.69) is 34.0 Å². The molecule has 142 valence electrons. The summed E-state index contributed by atoms with van der Waals surface area (Å²) in [6, 6.07) is 2.12. The summed E-state index contributed by atoms with van der Waals surface area (Å²) in [4.78, 5) is 17.7. The molecule has 5 nitrogen and oxygen atoms in total. The second-order valence-electron chi connectivity index (χ2n) is 6.15. The molecule has 7 heteroatoms. The van der Waals surface area contributed by atoms with Gasteiger partial charge in [-0.1, -0.05) is 0 Å². The average molecular weight is 479 g/mol. The minimum atomic E-state index is -0.0696. The number of rotatable bonds is 8. The van der Waals surface area contributed by atoms with Gasteiger partial charge in [0.15, 0.2) is 5.96 Å². The van der Waals surface area contributed by atoms with Gasteiger partial charge in [0.05, 0.1) is 6.54 Å². The Balaban J connectivity index is 0.00000312. The maximum Gasteiger partial charge on any atom is 0.306 e. The normalized spacial score (nSPS) is 14.9. The highest BCUT2D eigenvalue weighted by Gasteiger charge is 2.18. The number of hydrogen-bond donors (Lipinski definition) is 2. The fourth-order valence-electron chi connectivity index (χ4n) is 2.75. The van der Waals surface area contributed by atoms with E-state index in [1.54, 1.807) is 11.3 Å². The van der Waals surface area contributed by atoms with E-state index in [0.29, 0.717) is 13.0 Å². The minimum absolute atomic E-state index is 0. The van der Waals surface area contributed by atoms with Crippen LogP contribution in [0, 0.1) is 6.92 Å². The number of esters is 1. The fourth-order valence-corrected chi connectivity index (χ4v) is 3.58. The lowest BCUT2D eigenvalue weighted by molar-refractivity contribution is -0.148. The number of thiophene rings is 1. The molecule has 0 aromatic carbocycles. The van der Waals surface area contributed by atoms with Crippen LogP contribution in [0.4, 0.5) is 0 Å². The number of nitrogens with zero attached hydrogens (tertiary/aromatic N) is 1. The quantitative estimate of drug-likeness (QED) is 0.195. The molecule has 1 aliphatic carbocycles. The van der Waals surface area contributed by atoms with Gasteiger partial charge in [-0.25, -0.2) is 4.99 Å². The number of guanidine groups is 1. The van der Waals surface area contributed by atoms with Crippen molar-refractivity contribution in [2.75, 3.05) is 13.1 Å². The van der Waals surface area contributed by atoms with Crippen molar-refractivity contribution in [3.8, 4) is 0 Å². The van der Waals surface area contributed by atoms with Crippen LogP contribution in [0.2, 0.25) is 0 Å². The molecule has 0 aliphatic heterocycles. The van der Waals surface area contributed by atoms with Crippen LogP contribution in [0.25, 0.3) is 0 Å². The number of aliphatic imine (C=N–C) groups is 1. The monoisotopic (exact) mass is 479 g/mol. The van der Waals surface area contributed by atoms with Gasteiger partial charge in [-0.15, -0.1) is 35.3 Å². The smallest absolute Gasteiger partial charge is 0.306 e. The molecule has 25 heavy (non-hydrogen) atoms. The van der Waals surface area contributed by atoms with E-state index < -0.39 is 0 Å². The minimum Gasteiger partial charge on any atom is -0.462 e. The second kappa shape index (κ2) is 12.5. The largest absolute Gasteiger partial charge is 0.462 e. The summed E-state index contributed by atoms with van der Waals surface area (Å²) in [5.74, 6) is 0.731. The number of ether oxygens (including phenoxy) is 1. The molecule has 0 atom stereocenters. The summed E-state index contributed by atoms with van der Waals surface area (Å²) >= 11 is 1.73. The highest BCUT2D eigenvalue weighted by atomic mass is 127. The first-order valence-electron chi connectivity index (χ1n) is 8.93. The van der Waals surface area contributed by atoms with Gasteiger partial charge in [0, 0.05) is 24.4 Å². The third-order valence-corrected chi connectivity index (χ3v) is 5.15. The van der Waals surface area contributed by atoms with Crippen molar-refractivity contribution >= 4 is 47.2 Å². The van der Waals surface area contributed by atoms with Crippen LogP contribution in [-0.2, 0) is 16.1 Å². The molecule has 0 spiro atoms. The van der Waals surface area contributed by atoms with Gasteiger partial charge >= 0.3 is 5.97 Å². The van der Waals surface area contributed by atoms with Gasteiger partial charge in [-0.05, 0) is 63.0 Å². The Bertz CT molecular complexity index is 542. The fraction of sp³-hybridized carbons (Fsp3) is 0.667. The van der Waals surface area contributed by atoms with Crippen LogP contribution >= 0.6 is 35.3 Å². The third kappa shape index (κ3) is 8.40. The van der Waals surface area contributed by atoms with Crippen molar-refractivity contribution in [3.63, 3.8) is 0 Å². The summed E-state index contributed by atoms with van der Waals surface area (Å²) in [5.41, 5.74) is 1.29. The first kappa shape index (κ1) is 22.2. The average Bonchev–Trinajstić information content (AvgIpc) is 3.21. The number of carbonyl (C=O) groups is 1. The Morgan fingerprint density at radius 1 is 1.36 bits per heavy atom. The van der Waals surface area contributed by atoms with E-state index in [1.807, 2.05) is 6.92 Å². The highest BCUT2D eigenvalue weighted by molar-refractivity contribution is 14.0. The number of nitrogens with one attached hydrogen (secondary N) is 2. The Morgan fingerprint density at radius 3 is 2.76 bits per heavy atom. The summed E-state index contributed by atoms with van der Waals surface area (Å²) in [6.07, 6.45) is 5.82. The van der Waals surface area contributed by atoms with Gasteiger partial charge < -0.3 is 15.4 Å². The first-order chi connectivity index (χ1) is 11.7. The predicted molar refractivity (Wildman–Crippen MR) is 115 cm³/mol. The molecular formula is C18H30IN3O2S. The van der Waals surface area contributed by atoms with Gasteiger partial charge in [0.25, 0.3) is 0 Å². The molecule has 0 amide bonds. The van der Waals surface area contributed by atoms with Gasteiger partial charge in [-0.3, -0.25) is 4.79 Å². The molecular weight excluding hydrogens is 449 g/mol. The van der Waals surface area contributed by atoms with Gasteiger partial charge in [0.1, 0.15) is 6.10 Å². The molecule has 1 aromatic heterocycles. The number of carbonyl (C=O) groups excluding carboxylic acids is 1. The second-order valence-corrected chi connectivity index (χ2v) is 7.15. The molecule has 0 unspecified atom stereocenters. The molecule has 2 rings (SSSR count). The van der Waals surface area contributed by atoms with Crippen LogP contribution in [0.1, 0.15) is 55.9 Å². The molecule has 1 aromatic rings. The Labute approximate surface area is 172 Å². The summed E-state index contributed by atoms with van der Waals surface area (Å²) in [7, 11) is 0. The standard InChI is InChI=1S/C18H29N3O2S.HI/c1-3-19-18(21-13-16-14(2)10-12-24-16)20-11-6-9-17(22)23-15-7-4-5-8-15;/h10,12,15H,3-9,11,13H2,1-2H3,(H2,19,20,21);1H. The van der Waals surface area contributed by atoms with E-state index in [0.717, 1.165) is 38.3 Å². The Morgan fingerprint density at radius 2 is 2.12 bits per heavy atom. The number of halogens is 1. The van der Waals surface area contributed by atoms with Crippen molar-refractivity contribution in [2.45, 2.75) is 65.0 Å². The zero-order valence-electron chi connectivity index (χ0n) is 15.2. The zero-order chi connectivity index (χ0) is 17.2. The lowest BCUT2D eigenvalue weighted by Gasteiger charge is -2.13. The molecule has 1 fully saturated rings. The number of hydrogen-bond acceptors (Lipinski definition) is 4. The lowest BCUT2D eigenvalue weighted by atomic mass is 10.3. The van der Waals surface area contributed by atoms with Crippen molar-refractivity contribution in [3.05, 3.63) is 21.9 Å². The molecule has 0 bridgehead atoms.